The lowest BCUT2D eigenvalue weighted by Crippen LogP contribution is -2.38. The van der Waals surface area contributed by atoms with Gasteiger partial charge in [-0.15, -0.1) is 11.3 Å². The molecule has 5 nitrogen and oxygen atoms in total. The number of hydrogen-bond donors (Lipinski definition) is 1. The molecule has 2 heterocycles. The van der Waals surface area contributed by atoms with E-state index in [0.717, 1.165) is 35.3 Å². The van der Waals surface area contributed by atoms with Crippen molar-refractivity contribution in [3.63, 3.8) is 0 Å². The highest BCUT2D eigenvalue weighted by Crippen LogP contribution is 2.27. The van der Waals surface area contributed by atoms with Crippen LogP contribution in [0.4, 0.5) is 0 Å². The number of hydrogen-bond acceptors (Lipinski definition) is 3. The predicted molar refractivity (Wildman–Crippen MR) is 109 cm³/mol. The van der Waals surface area contributed by atoms with Crippen LogP contribution in [0.25, 0.3) is 10.6 Å². The van der Waals surface area contributed by atoms with Gasteiger partial charge in [0.15, 0.2) is 5.96 Å². The van der Waals surface area contributed by atoms with E-state index in [2.05, 4.69) is 71.3 Å². The molecule has 0 amide bonds. The number of guanidine groups is 1. The Hall–Kier alpha value is -2.60. The first-order chi connectivity index (χ1) is 12.6. The van der Waals surface area contributed by atoms with Gasteiger partial charge in [0.2, 0.25) is 0 Å². The lowest BCUT2D eigenvalue weighted by Gasteiger charge is -2.22. The molecule has 26 heavy (non-hydrogen) atoms. The van der Waals surface area contributed by atoms with Crippen LogP contribution in [0.5, 0.6) is 0 Å². The Labute approximate surface area is 159 Å². The van der Waals surface area contributed by atoms with Crippen molar-refractivity contribution in [2.45, 2.75) is 20.0 Å². The van der Waals surface area contributed by atoms with Crippen LogP contribution in [0.2, 0.25) is 0 Å². The summed E-state index contributed by atoms with van der Waals surface area (Å²) >= 11 is 1.73. The van der Waals surface area contributed by atoms with Crippen LogP contribution in [-0.2, 0) is 20.1 Å². The van der Waals surface area contributed by atoms with Gasteiger partial charge in [0, 0.05) is 43.5 Å². The second kappa shape index (κ2) is 8.19. The van der Waals surface area contributed by atoms with Crippen molar-refractivity contribution in [1.82, 2.24) is 19.8 Å². The van der Waals surface area contributed by atoms with Crippen LogP contribution >= 0.6 is 11.3 Å². The summed E-state index contributed by atoms with van der Waals surface area (Å²) in [7, 11) is 5.93. The van der Waals surface area contributed by atoms with Crippen molar-refractivity contribution in [3.8, 4) is 10.6 Å². The molecule has 1 aromatic carbocycles. The molecule has 2 aromatic heterocycles. The van der Waals surface area contributed by atoms with Gasteiger partial charge in [0.25, 0.3) is 0 Å². The average Bonchev–Trinajstić information content (AvgIpc) is 3.22. The quantitative estimate of drug-likeness (QED) is 0.553. The average molecular weight is 368 g/mol. The van der Waals surface area contributed by atoms with E-state index in [9.17, 15) is 0 Å². The Morgan fingerprint density at radius 3 is 2.65 bits per heavy atom. The van der Waals surface area contributed by atoms with Gasteiger partial charge in [-0.25, -0.2) is 4.98 Å². The highest BCUT2D eigenvalue weighted by atomic mass is 32.1. The molecular weight excluding hydrogens is 342 g/mol. The van der Waals surface area contributed by atoms with E-state index < -0.39 is 0 Å². The zero-order valence-electron chi connectivity index (χ0n) is 15.7. The molecule has 0 spiro atoms. The van der Waals surface area contributed by atoms with E-state index in [0.29, 0.717) is 0 Å². The van der Waals surface area contributed by atoms with Gasteiger partial charge in [-0.3, -0.25) is 4.99 Å². The molecule has 0 bridgehead atoms. The summed E-state index contributed by atoms with van der Waals surface area (Å²) in [6.07, 6.45) is 2.06. The molecule has 0 aliphatic heterocycles. The van der Waals surface area contributed by atoms with E-state index in [1.54, 1.807) is 11.3 Å². The Balaban J connectivity index is 1.65. The SMILES string of the molecule is CN=C(NCc1sc(-c2ccccc2)nc1C)N(C)Cc1cccn1C. The van der Waals surface area contributed by atoms with E-state index >= 15 is 0 Å². The lowest BCUT2D eigenvalue weighted by atomic mass is 10.2. The summed E-state index contributed by atoms with van der Waals surface area (Å²) < 4.78 is 2.13. The van der Waals surface area contributed by atoms with E-state index in [1.807, 2.05) is 25.2 Å². The van der Waals surface area contributed by atoms with Gasteiger partial charge in [-0.2, -0.15) is 0 Å². The molecule has 1 N–H and O–H groups in total. The van der Waals surface area contributed by atoms with E-state index in [1.165, 1.54) is 10.6 Å². The zero-order valence-corrected chi connectivity index (χ0v) is 16.5. The lowest BCUT2D eigenvalue weighted by molar-refractivity contribution is 0.462. The van der Waals surface area contributed by atoms with Crippen molar-refractivity contribution in [2.24, 2.45) is 12.0 Å². The predicted octanol–water partition coefficient (Wildman–Crippen LogP) is 3.66. The van der Waals surface area contributed by atoms with E-state index in [-0.39, 0.29) is 0 Å². The molecule has 3 aromatic rings. The van der Waals surface area contributed by atoms with Crippen molar-refractivity contribution in [1.29, 1.82) is 0 Å². The van der Waals surface area contributed by atoms with Gasteiger partial charge < -0.3 is 14.8 Å². The van der Waals surface area contributed by atoms with Gasteiger partial charge in [-0.1, -0.05) is 30.3 Å². The third-order valence-corrected chi connectivity index (χ3v) is 5.55. The van der Waals surface area contributed by atoms with Gasteiger partial charge in [0.1, 0.15) is 5.01 Å². The van der Waals surface area contributed by atoms with Crippen LogP contribution in [0.15, 0.2) is 53.7 Å². The number of aliphatic imine (C=N–C) groups is 1. The van der Waals surface area contributed by atoms with Crippen LogP contribution in [0.1, 0.15) is 16.3 Å². The Bertz CT molecular complexity index is 879. The molecule has 0 aliphatic rings. The van der Waals surface area contributed by atoms with Crippen molar-refractivity contribution < 1.29 is 0 Å². The summed E-state index contributed by atoms with van der Waals surface area (Å²) in [5, 5.41) is 4.52. The molecule has 0 saturated heterocycles. The number of thiazole rings is 1. The largest absolute Gasteiger partial charge is 0.353 e. The first-order valence-corrected chi connectivity index (χ1v) is 9.44. The zero-order chi connectivity index (χ0) is 18.5. The number of nitrogens with zero attached hydrogens (tertiary/aromatic N) is 4. The van der Waals surface area contributed by atoms with Gasteiger partial charge in [-0.05, 0) is 19.1 Å². The molecule has 0 unspecified atom stereocenters. The summed E-state index contributed by atoms with van der Waals surface area (Å²) in [4.78, 5) is 12.5. The van der Waals surface area contributed by atoms with Crippen molar-refractivity contribution in [2.75, 3.05) is 14.1 Å². The molecule has 0 atom stereocenters. The minimum atomic E-state index is 0.723. The molecule has 0 radical (unpaired) electrons. The number of aromatic nitrogens is 2. The summed E-state index contributed by atoms with van der Waals surface area (Å²) in [6, 6.07) is 14.5. The molecular formula is C20H25N5S. The maximum Gasteiger partial charge on any atom is 0.194 e. The maximum atomic E-state index is 4.72. The Morgan fingerprint density at radius 1 is 1.23 bits per heavy atom. The Morgan fingerprint density at radius 2 is 2.00 bits per heavy atom. The maximum absolute atomic E-state index is 4.72. The van der Waals surface area contributed by atoms with E-state index in [4.69, 9.17) is 4.98 Å². The smallest absolute Gasteiger partial charge is 0.194 e. The first kappa shape index (κ1) is 18.2. The Kier molecular flexibility index (Phi) is 5.73. The fraction of sp³-hybridized carbons (Fsp3) is 0.300. The fourth-order valence-electron chi connectivity index (χ4n) is 2.82. The molecule has 6 heteroatoms. The highest BCUT2D eigenvalue weighted by Gasteiger charge is 2.12. The summed E-state index contributed by atoms with van der Waals surface area (Å²) in [5.74, 6) is 0.875. The highest BCUT2D eigenvalue weighted by molar-refractivity contribution is 7.15. The third-order valence-electron chi connectivity index (χ3n) is 4.34. The first-order valence-electron chi connectivity index (χ1n) is 8.62. The fourth-order valence-corrected chi connectivity index (χ4v) is 3.83. The number of benzene rings is 1. The normalized spacial score (nSPS) is 11.6. The topological polar surface area (TPSA) is 45.5 Å². The van der Waals surface area contributed by atoms with Crippen molar-refractivity contribution in [3.05, 3.63) is 64.9 Å². The van der Waals surface area contributed by atoms with Gasteiger partial charge in [0.05, 0.1) is 18.8 Å². The molecule has 3 rings (SSSR count). The minimum Gasteiger partial charge on any atom is -0.353 e. The monoisotopic (exact) mass is 367 g/mol. The minimum absolute atomic E-state index is 0.723. The van der Waals surface area contributed by atoms with Crippen LogP contribution in [-0.4, -0.2) is 34.5 Å². The molecule has 0 fully saturated rings. The summed E-state index contributed by atoms with van der Waals surface area (Å²) in [5.41, 5.74) is 3.48. The molecule has 136 valence electrons. The van der Waals surface area contributed by atoms with Crippen LogP contribution in [0, 0.1) is 6.92 Å². The second-order valence-corrected chi connectivity index (χ2v) is 7.34. The van der Waals surface area contributed by atoms with Crippen LogP contribution in [0.3, 0.4) is 0 Å². The summed E-state index contributed by atoms with van der Waals surface area (Å²) in [6.45, 7) is 3.59. The molecule has 0 saturated carbocycles. The van der Waals surface area contributed by atoms with Gasteiger partial charge >= 0.3 is 0 Å². The molecule has 0 aliphatic carbocycles. The number of nitrogens with one attached hydrogen (secondary N) is 1. The second-order valence-electron chi connectivity index (χ2n) is 6.26. The number of aryl methyl sites for hydroxylation is 2. The van der Waals surface area contributed by atoms with Crippen LogP contribution < -0.4 is 5.32 Å². The number of rotatable bonds is 5. The third kappa shape index (κ3) is 4.14. The van der Waals surface area contributed by atoms with Crippen molar-refractivity contribution >= 4 is 17.3 Å². The standard InChI is InChI=1S/C20H25N5S/c1-15-18(26-19(23-15)16-9-6-5-7-10-16)13-22-20(21-2)25(4)14-17-11-8-12-24(17)3/h5-12H,13-14H2,1-4H3,(H,21,22).